The smallest absolute Gasteiger partial charge is 0.410 e. The van der Waals surface area contributed by atoms with Gasteiger partial charge in [0.05, 0.1) is 39.6 Å². The molecule has 5 atom stereocenters. The fraction of sp³-hybridized carbons (Fsp3) is 0.529. The number of anilines is 2. The van der Waals surface area contributed by atoms with Gasteiger partial charge < -0.3 is 48.4 Å². The van der Waals surface area contributed by atoms with Gasteiger partial charge in [-0.3, -0.25) is 24.4 Å². The number of amides is 3. The number of aryl methyl sites for hydroxylation is 2. The summed E-state index contributed by atoms with van der Waals surface area (Å²) >= 11 is 1.64. The zero-order valence-corrected chi connectivity index (χ0v) is 54.6. The zero-order chi connectivity index (χ0) is 63.4. The van der Waals surface area contributed by atoms with Crippen molar-refractivity contribution in [2.24, 2.45) is 11.8 Å². The molecule has 4 aromatic heterocycles. The van der Waals surface area contributed by atoms with Gasteiger partial charge >= 0.3 is 12.1 Å². The Morgan fingerprint density at radius 1 is 0.900 bits per heavy atom. The molecule has 0 saturated carbocycles. The molecule has 0 radical (unpaired) electrons. The van der Waals surface area contributed by atoms with Crippen LogP contribution in [0, 0.1) is 24.6 Å². The molecule has 0 aliphatic carbocycles. The van der Waals surface area contributed by atoms with E-state index >= 15 is 4.39 Å². The first-order valence-electron chi connectivity index (χ1n) is 32.0. The molecule has 0 spiro atoms. The molecule has 5 aliphatic heterocycles. The predicted molar refractivity (Wildman–Crippen MR) is 348 cm³/mol. The number of nitrogens with one attached hydrogen (secondary N) is 1. The van der Waals surface area contributed by atoms with E-state index in [1.807, 2.05) is 92.4 Å². The van der Waals surface area contributed by atoms with E-state index in [0.717, 1.165) is 124 Å². The number of likely N-dealkylation sites (tertiary alicyclic amines) is 1. The van der Waals surface area contributed by atoms with Crippen LogP contribution in [0.3, 0.4) is 0 Å². The number of halogens is 1. The highest BCUT2D eigenvalue weighted by Gasteiger charge is 2.45. The summed E-state index contributed by atoms with van der Waals surface area (Å²) in [5, 5.41) is 9.43. The van der Waals surface area contributed by atoms with E-state index in [-0.39, 0.29) is 72.0 Å². The Bertz CT molecular complexity index is 3620. The molecular weight excluding hydrogens is 1160 g/mol. The summed E-state index contributed by atoms with van der Waals surface area (Å²) in [5.41, 5.74) is 6.50. The number of benzene rings is 3. The van der Waals surface area contributed by atoms with E-state index in [1.165, 1.54) is 10.4 Å². The van der Waals surface area contributed by atoms with Crippen LogP contribution in [0.5, 0.6) is 11.8 Å². The zero-order valence-electron chi connectivity index (χ0n) is 53.7. The lowest BCUT2D eigenvalue weighted by molar-refractivity contribution is -0.135. The summed E-state index contributed by atoms with van der Waals surface area (Å²) in [6, 6.07) is 20.2. The van der Waals surface area contributed by atoms with Crippen molar-refractivity contribution in [3.8, 4) is 33.5 Å². The first-order chi connectivity index (χ1) is 43.4. The number of carbonyl (C=O) groups is 3. The normalized spacial score (nSPS) is 19.7. The number of aromatic nitrogens is 5. The van der Waals surface area contributed by atoms with Crippen molar-refractivity contribution in [2.75, 3.05) is 102 Å². The van der Waals surface area contributed by atoms with Crippen LogP contribution in [0.15, 0.2) is 76.9 Å². The van der Waals surface area contributed by atoms with Crippen LogP contribution in [0.1, 0.15) is 116 Å². The number of carbonyl (C=O) groups excluding carboxylic acids is 3. The highest BCUT2D eigenvalue weighted by molar-refractivity contribution is 7.13. The average Bonchev–Trinajstić information content (AvgIpc) is 0.990. The van der Waals surface area contributed by atoms with Crippen LogP contribution in [-0.4, -0.2) is 179 Å². The van der Waals surface area contributed by atoms with Crippen LogP contribution in [0.4, 0.5) is 20.8 Å². The Kier molecular flexibility index (Phi) is 19.9. The van der Waals surface area contributed by atoms with E-state index in [0.29, 0.717) is 60.4 Å². The number of piperazine rings is 2. The van der Waals surface area contributed by atoms with Gasteiger partial charge in [-0.15, -0.1) is 11.3 Å². The van der Waals surface area contributed by atoms with Gasteiger partial charge in [-0.25, -0.2) is 14.2 Å². The Morgan fingerprint density at radius 3 is 2.30 bits per heavy atom. The highest BCUT2D eigenvalue weighted by Crippen LogP contribution is 2.42. The number of thiazole rings is 1. The molecule has 9 heterocycles. The maximum absolute atomic E-state index is 17.5. The topological polar surface area (TPSA) is 197 Å². The molecule has 7 aromatic rings. The molecule has 3 aromatic carbocycles. The summed E-state index contributed by atoms with van der Waals surface area (Å²) < 4.78 is 46.8. The van der Waals surface area contributed by atoms with Crippen LogP contribution >= 0.6 is 11.3 Å². The summed E-state index contributed by atoms with van der Waals surface area (Å²) in [7, 11) is 1.56. The summed E-state index contributed by atoms with van der Waals surface area (Å²) in [6.07, 6.45) is 6.58. The lowest BCUT2D eigenvalue weighted by atomic mass is 9.91. The van der Waals surface area contributed by atoms with Gasteiger partial charge in [0, 0.05) is 109 Å². The number of hydrogen-bond donors (Lipinski definition) is 1. The molecule has 12 rings (SSSR count). The van der Waals surface area contributed by atoms with Crippen molar-refractivity contribution >= 4 is 63.1 Å². The molecule has 90 heavy (non-hydrogen) atoms. The second kappa shape index (κ2) is 27.9. The van der Waals surface area contributed by atoms with Gasteiger partial charge in [0.2, 0.25) is 12.3 Å². The van der Waals surface area contributed by atoms with E-state index in [1.54, 1.807) is 24.6 Å². The van der Waals surface area contributed by atoms with Gasteiger partial charge in [0.1, 0.15) is 40.9 Å². The number of hydrogen-bond acceptors (Lipinski definition) is 18. The monoisotopic (exact) mass is 1250 g/mol. The van der Waals surface area contributed by atoms with Gasteiger partial charge in [0.15, 0.2) is 24.2 Å². The molecule has 5 fully saturated rings. The lowest BCUT2D eigenvalue weighted by Gasteiger charge is -2.43. The Labute approximate surface area is 531 Å². The minimum absolute atomic E-state index is 0.0395. The van der Waals surface area contributed by atoms with Crippen molar-refractivity contribution < 1.29 is 42.2 Å². The van der Waals surface area contributed by atoms with Gasteiger partial charge in [-0.2, -0.15) is 9.97 Å². The third kappa shape index (κ3) is 14.2. The maximum atomic E-state index is 17.5. The second-order valence-electron chi connectivity index (χ2n) is 26.1. The molecule has 22 heteroatoms. The van der Waals surface area contributed by atoms with E-state index in [2.05, 4.69) is 81.0 Å². The quantitative estimate of drug-likeness (QED) is 0.0558. The van der Waals surface area contributed by atoms with Gasteiger partial charge in [-0.1, -0.05) is 68.4 Å². The minimum atomic E-state index is -0.616. The van der Waals surface area contributed by atoms with Gasteiger partial charge in [0.25, 0.3) is 0 Å². The van der Waals surface area contributed by atoms with Crippen molar-refractivity contribution in [3.63, 3.8) is 0 Å². The van der Waals surface area contributed by atoms with E-state index < -0.39 is 11.4 Å². The third-order valence-electron chi connectivity index (χ3n) is 18.3. The van der Waals surface area contributed by atoms with Crippen molar-refractivity contribution in [1.29, 1.82) is 0 Å². The summed E-state index contributed by atoms with van der Waals surface area (Å²) in [4.78, 5) is 70.6. The van der Waals surface area contributed by atoms with Gasteiger partial charge in [-0.05, 0) is 119 Å². The van der Waals surface area contributed by atoms with E-state index in [4.69, 9.17) is 38.4 Å². The fourth-order valence-electron chi connectivity index (χ4n) is 13.5. The molecule has 5 unspecified atom stereocenters. The fourth-order valence-corrected chi connectivity index (χ4v) is 14.3. The molecule has 5 aliphatic rings. The molecule has 1 N–H and O–H groups in total. The van der Waals surface area contributed by atoms with Crippen molar-refractivity contribution in [1.82, 2.24) is 50.0 Å². The number of rotatable bonds is 20. The van der Waals surface area contributed by atoms with E-state index in [9.17, 15) is 14.4 Å². The molecule has 2 bridgehead atoms. The van der Waals surface area contributed by atoms with Crippen LogP contribution < -0.4 is 24.6 Å². The molecule has 20 nitrogen and oxygen atoms in total. The van der Waals surface area contributed by atoms with Crippen LogP contribution in [-0.2, 0) is 25.5 Å². The summed E-state index contributed by atoms with van der Waals surface area (Å²) in [5.74, 6) is 2.43. The minimum Gasteiger partial charge on any atom is -0.468 e. The Hall–Kier alpha value is -7.53. The van der Waals surface area contributed by atoms with Crippen LogP contribution in [0.2, 0.25) is 0 Å². The maximum Gasteiger partial charge on any atom is 0.410 e. The predicted octanol–water partition coefficient (Wildman–Crippen LogP) is 10.9. The SMILES string of the molecule is CCc1cccc2cc(OCOC)cc(-c3ncc4c(N5CC6CCC(C5)N6C(=O)OC(C)(C)C)nc(OCCN5CCN(CC6CN(c7cc(C(C(=O)N8CCCC8C)C(C)C)on7)C6)CC5)nc4c3F)c12.Cc1ncsc1-c1ccc(C(C)NC=O)cc1. The molecule has 5 saturated heterocycles. The molecule has 480 valence electrons. The number of ether oxygens (including phenoxy) is 4. The second-order valence-corrected chi connectivity index (χ2v) is 26.9. The standard InChI is InChI=1S/C55H73FN10O7.C13H14N2OS/c1-9-37-13-10-14-38-24-41(71-33-69-8)25-42(47(37)38)49-48(56)50-43(27-57-49)51(64-31-39-15-16-40(32-64)66(39)54(68)72-55(5,6)7)59-53(58-50)70-23-22-61-18-20-62(21-19-61)28-36-29-63(30-36)45-26-44(73-60-45)46(34(2)3)52(67)65-17-11-12-35(65)4;1-9(14-7-16)11-3-5-12(6-4-11)13-10(2)15-8-17-13/h10,13-14,24-27,34-36,39-40,46H,9,11-12,15-23,28-33H2,1-8H3;3-9H,1-2H3,(H,14,16). The first kappa shape index (κ1) is 64.0. The Morgan fingerprint density at radius 2 is 1.64 bits per heavy atom. The molecular formula is C68H87FN12O8S. The number of pyridine rings is 1. The van der Waals surface area contributed by atoms with Crippen molar-refractivity contribution in [2.45, 2.75) is 130 Å². The third-order valence-corrected chi connectivity index (χ3v) is 19.3. The van der Waals surface area contributed by atoms with Crippen LogP contribution in [0.25, 0.3) is 43.4 Å². The summed E-state index contributed by atoms with van der Waals surface area (Å²) in [6.45, 7) is 27.3. The average molecular weight is 1250 g/mol. The van der Waals surface area contributed by atoms with Crippen molar-refractivity contribution in [3.05, 3.63) is 101 Å². The number of fused-ring (bicyclic) bond motifs is 4. The first-order valence-corrected chi connectivity index (χ1v) is 32.9. The number of methoxy groups -OCH3 is 1. The molecule has 3 amide bonds. The lowest BCUT2D eigenvalue weighted by Crippen LogP contribution is -2.57. The highest BCUT2D eigenvalue weighted by atomic mass is 32.1. The Balaban J connectivity index is 0.000000423. The number of nitrogens with zero attached hydrogens (tertiary/aromatic N) is 11. The largest absolute Gasteiger partial charge is 0.468 e.